The smallest absolute Gasteiger partial charge is 0.274 e. The molecule has 1 N–H and O–H groups in total. The van der Waals surface area contributed by atoms with Crippen LogP contribution in [0.25, 0.3) is 0 Å². The summed E-state index contributed by atoms with van der Waals surface area (Å²) in [5.41, 5.74) is -0.881. The summed E-state index contributed by atoms with van der Waals surface area (Å²) in [4.78, 5) is 38.2. The minimum Gasteiger partial charge on any atom is -0.328 e. The number of benzene rings is 1. The van der Waals surface area contributed by atoms with E-state index >= 15 is 0 Å². The van der Waals surface area contributed by atoms with Crippen molar-refractivity contribution in [1.29, 1.82) is 0 Å². The maximum absolute atomic E-state index is 13.8. The number of nitrogens with zero attached hydrogens (tertiary/aromatic N) is 3. The van der Waals surface area contributed by atoms with Crippen LogP contribution in [0, 0.1) is 17.5 Å². The number of anilines is 1. The molecule has 0 saturated heterocycles. The number of hydrogen-bond acceptors (Lipinski definition) is 4. The third-order valence-electron chi connectivity index (χ3n) is 4.23. The van der Waals surface area contributed by atoms with Gasteiger partial charge in [-0.15, -0.1) is 0 Å². The number of aryl methyl sites for hydroxylation is 1. The Hall–Kier alpha value is -3.17. The molecule has 162 valence electrons. The summed E-state index contributed by atoms with van der Waals surface area (Å²) >= 11 is 0. The number of unbranched alkanes of at least 4 members (excludes halogenated alkanes) is 1. The predicted molar refractivity (Wildman–Crippen MR) is 105 cm³/mol. The third kappa shape index (κ3) is 5.68. The molecule has 0 aliphatic carbocycles. The maximum Gasteiger partial charge on any atom is 0.274 e. The first-order valence-electron chi connectivity index (χ1n) is 9.59. The summed E-state index contributed by atoms with van der Waals surface area (Å²) in [6.07, 6.45) is 2.08. The van der Waals surface area contributed by atoms with Gasteiger partial charge in [0.05, 0.1) is 5.69 Å². The van der Waals surface area contributed by atoms with E-state index in [1.165, 1.54) is 21.7 Å². The predicted octanol–water partition coefficient (Wildman–Crippen LogP) is 2.95. The Bertz CT molecular complexity index is 978. The molecule has 30 heavy (non-hydrogen) atoms. The Morgan fingerprint density at radius 1 is 1.07 bits per heavy atom. The Morgan fingerprint density at radius 3 is 2.47 bits per heavy atom. The lowest BCUT2D eigenvalue weighted by molar-refractivity contribution is -0.116. The van der Waals surface area contributed by atoms with Crippen molar-refractivity contribution in [3.05, 3.63) is 57.8 Å². The van der Waals surface area contributed by atoms with Gasteiger partial charge in [0.1, 0.15) is 12.2 Å². The van der Waals surface area contributed by atoms with Crippen LogP contribution in [0.3, 0.4) is 0 Å². The van der Waals surface area contributed by atoms with Gasteiger partial charge in [-0.05, 0) is 31.0 Å². The summed E-state index contributed by atoms with van der Waals surface area (Å²) in [6, 6.07) is 4.09. The molecule has 0 fully saturated rings. The van der Waals surface area contributed by atoms with Crippen molar-refractivity contribution in [1.82, 2.24) is 14.7 Å². The van der Waals surface area contributed by atoms with Crippen LogP contribution in [-0.4, -0.2) is 39.6 Å². The van der Waals surface area contributed by atoms with Gasteiger partial charge in [-0.25, -0.2) is 17.9 Å². The number of halogens is 3. The molecule has 0 saturated carbocycles. The largest absolute Gasteiger partial charge is 0.328 e. The normalized spacial score (nSPS) is 10.7. The highest BCUT2D eigenvalue weighted by atomic mass is 19.2. The number of rotatable bonds is 9. The maximum atomic E-state index is 13.8. The second-order valence-electron chi connectivity index (χ2n) is 6.63. The molecule has 0 aliphatic heterocycles. The first-order valence-corrected chi connectivity index (χ1v) is 9.59. The van der Waals surface area contributed by atoms with Gasteiger partial charge in [0.15, 0.2) is 17.5 Å². The molecule has 2 aromatic rings. The Balaban J connectivity index is 2.17. The molecule has 7 nitrogen and oxygen atoms in total. The zero-order valence-corrected chi connectivity index (χ0v) is 16.8. The summed E-state index contributed by atoms with van der Waals surface area (Å²) < 4.78 is 41.3. The zero-order valence-electron chi connectivity index (χ0n) is 16.8. The Kier molecular flexibility index (Phi) is 8.14. The molecule has 0 radical (unpaired) electrons. The molecule has 2 rings (SSSR count). The number of carbonyl (C=O) groups excluding carboxylic acids is 2. The van der Waals surface area contributed by atoms with Crippen molar-refractivity contribution in [2.24, 2.45) is 0 Å². The number of carbonyl (C=O) groups is 2. The van der Waals surface area contributed by atoms with Gasteiger partial charge < -0.3 is 10.2 Å². The van der Waals surface area contributed by atoms with Crippen molar-refractivity contribution in [2.75, 3.05) is 18.4 Å². The highest BCUT2D eigenvalue weighted by Gasteiger charge is 2.22. The van der Waals surface area contributed by atoms with Crippen molar-refractivity contribution in [3.63, 3.8) is 0 Å². The average molecular weight is 424 g/mol. The van der Waals surface area contributed by atoms with Gasteiger partial charge in [-0.2, -0.15) is 5.10 Å². The van der Waals surface area contributed by atoms with Crippen LogP contribution in [0.5, 0.6) is 0 Å². The summed E-state index contributed by atoms with van der Waals surface area (Å²) in [6.45, 7) is 3.85. The molecule has 0 spiro atoms. The van der Waals surface area contributed by atoms with Crippen LogP contribution in [0.2, 0.25) is 0 Å². The number of hydrogen-bond donors (Lipinski definition) is 1. The van der Waals surface area contributed by atoms with Crippen LogP contribution in [0.1, 0.15) is 43.6 Å². The van der Waals surface area contributed by atoms with Gasteiger partial charge in [-0.3, -0.25) is 14.4 Å². The Labute approximate surface area is 171 Å². The minimum atomic E-state index is -1.70. The van der Waals surface area contributed by atoms with Crippen molar-refractivity contribution < 1.29 is 22.8 Å². The van der Waals surface area contributed by atoms with Crippen LogP contribution >= 0.6 is 0 Å². The molecule has 1 aromatic carbocycles. The summed E-state index contributed by atoms with van der Waals surface area (Å²) in [5, 5.41) is 6.20. The topological polar surface area (TPSA) is 84.3 Å². The van der Waals surface area contributed by atoms with E-state index in [0.717, 1.165) is 12.5 Å². The monoisotopic (exact) mass is 424 g/mol. The van der Waals surface area contributed by atoms with Crippen molar-refractivity contribution >= 4 is 17.5 Å². The summed E-state index contributed by atoms with van der Waals surface area (Å²) in [5.74, 6) is -5.98. The quantitative estimate of drug-likeness (QED) is 0.628. The van der Waals surface area contributed by atoms with Crippen LogP contribution in [0.4, 0.5) is 18.9 Å². The third-order valence-corrected chi connectivity index (χ3v) is 4.23. The Morgan fingerprint density at radius 2 is 1.80 bits per heavy atom. The first kappa shape index (κ1) is 23.1. The van der Waals surface area contributed by atoms with Crippen molar-refractivity contribution in [3.8, 4) is 0 Å². The molecule has 1 heterocycles. The minimum absolute atomic E-state index is 0.00837. The van der Waals surface area contributed by atoms with E-state index in [0.29, 0.717) is 25.5 Å². The van der Waals surface area contributed by atoms with Gasteiger partial charge in [0, 0.05) is 19.2 Å². The number of aromatic nitrogens is 2. The zero-order chi connectivity index (χ0) is 22.3. The SMILES string of the molecule is CCCCn1nc(C(=O)N(CCC)CC(=O)Nc2ccc(F)c(F)c2F)ccc1=O. The van der Waals surface area contributed by atoms with E-state index in [2.05, 4.69) is 10.4 Å². The van der Waals surface area contributed by atoms with Crippen LogP contribution < -0.4 is 10.9 Å². The average Bonchev–Trinajstić information content (AvgIpc) is 2.72. The van der Waals surface area contributed by atoms with Gasteiger partial charge >= 0.3 is 0 Å². The molecule has 0 atom stereocenters. The van der Waals surface area contributed by atoms with E-state index < -0.39 is 41.5 Å². The standard InChI is InChI=1S/C20H23F3N4O3/c1-3-5-11-27-17(29)9-8-15(25-27)20(30)26(10-4-2)12-16(28)24-14-7-6-13(21)18(22)19(14)23/h6-9H,3-5,10-12H2,1-2H3,(H,24,28). The molecule has 2 amide bonds. The van der Waals surface area contributed by atoms with E-state index in [4.69, 9.17) is 0 Å². The van der Waals surface area contributed by atoms with Crippen LogP contribution in [-0.2, 0) is 11.3 Å². The highest BCUT2D eigenvalue weighted by molar-refractivity contribution is 5.98. The number of nitrogens with one attached hydrogen (secondary N) is 1. The van der Waals surface area contributed by atoms with Gasteiger partial charge in [0.2, 0.25) is 5.91 Å². The fourth-order valence-electron chi connectivity index (χ4n) is 2.70. The molecular formula is C20H23F3N4O3. The molecule has 10 heteroatoms. The lowest BCUT2D eigenvalue weighted by atomic mass is 10.2. The van der Waals surface area contributed by atoms with Gasteiger partial charge in [-0.1, -0.05) is 20.3 Å². The van der Waals surface area contributed by atoms with Gasteiger partial charge in [0.25, 0.3) is 11.5 Å². The molecule has 0 bridgehead atoms. The molecule has 1 aromatic heterocycles. The van der Waals surface area contributed by atoms with E-state index in [1.54, 1.807) is 6.92 Å². The second-order valence-corrected chi connectivity index (χ2v) is 6.63. The van der Waals surface area contributed by atoms with Crippen molar-refractivity contribution in [2.45, 2.75) is 39.7 Å². The number of amides is 2. The van der Waals surface area contributed by atoms with E-state index in [-0.39, 0.29) is 17.8 Å². The first-order chi connectivity index (χ1) is 14.3. The fraction of sp³-hybridized carbons (Fsp3) is 0.400. The highest BCUT2D eigenvalue weighted by Crippen LogP contribution is 2.19. The molecular weight excluding hydrogens is 401 g/mol. The van der Waals surface area contributed by atoms with E-state index in [9.17, 15) is 27.6 Å². The lowest BCUT2D eigenvalue weighted by Gasteiger charge is -2.21. The fourth-order valence-corrected chi connectivity index (χ4v) is 2.70. The van der Waals surface area contributed by atoms with Crippen LogP contribution in [0.15, 0.2) is 29.1 Å². The molecule has 0 aliphatic rings. The lowest BCUT2D eigenvalue weighted by Crippen LogP contribution is -2.40. The molecule has 0 unspecified atom stereocenters. The second kappa shape index (κ2) is 10.6. The van der Waals surface area contributed by atoms with E-state index in [1.807, 2.05) is 6.92 Å². The summed E-state index contributed by atoms with van der Waals surface area (Å²) in [7, 11) is 0.